The van der Waals surface area contributed by atoms with E-state index in [1.807, 2.05) is 12.1 Å². The van der Waals surface area contributed by atoms with Crippen molar-refractivity contribution in [2.24, 2.45) is 0 Å². The Morgan fingerprint density at radius 2 is 2.50 bits per heavy atom. The minimum atomic E-state index is 0.367. The molecule has 16 heavy (non-hydrogen) atoms. The van der Waals surface area contributed by atoms with Gasteiger partial charge in [0.05, 0.1) is 6.10 Å². The van der Waals surface area contributed by atoms with Gasteiger partial charge in [-0.15, -0.1) is 0 Å². The fourth-order valence-corrected chi connectivity index (χ4v) is 2.17. The number of piperidine rings is 1. The molecule has 0 aliphatic carbocycles. The van der Waals surface area contributed by atoms with Gasteiger partial charge < -0.3 is 10.5 Å². The number of rotatable bonds is 3. The highest BCUT2D eigenvalue weighted by Crippen LogP contribution is 2.17. The lowest BCUT2D eigenvalue weighted by Gasteiger charge is -2.31. The van der Waals surface area contributed by atoms with E-state index in [2.05, 4.69) is 9.88 Å². The zero-order valence-corrected chi connectivity index (χ0v) is 9.72. The summed E-state index contributed by atoms with van der Waals surface area (Å²) in [5.41, 5.74) is 6.95. The van der Waals surface area contributed by atoms with Gasteiger partial charge >= 0.3 is 0 Å². The van der Waals surface area contributed by atoms with E-state index in [0.717, 1.165) is 31.6 Å². The van der Waals surface area contributed by atoms with E-state index in [0.29, 0.717) is 11.9 Å². The number of anilines is 1. The summed E-state index contributed by atoms with van der Waals surface area (Å²) in [5.74, 6) is 0.641. The van der Waals surface area contributed by atoms with Crippen molar-refractivity contribution in [2.45, 2.75) is 25.5 Å². The Balaban J connectivity index is 1.97. The lowest BCUT2D eigenvalue weighted by atomic mass is 10.1. The third-order valence-corrected chi connectivity index (χ3v) is 3.12. The van der Waals surface area contributed by atoms with Gasteiger partial charge in [0.2, 0.25) is 0 Å². The number of hydrogen-bond acceptors (Lipinski definition) is 4. The molecule has 0 radical (unpaired) electrons. The molecule has 0 spiro atoms. The van der Waals surface area contributed by atoms with Crippen LogP contribution < -0.4 is 5.73 Å². The fourth-order valence-electron chi connectivity index (χ4n) is 2.17. The highest BCUT2D eigenvalue weighted by atomic mass is 16.5. The lowest BCUT2D eigenvalue weighted by molar-refractivity contribution is 0.0286. The molecule has 1 atom stereocenters. The number of nitrogen functional groups attached to an aromatic ring is 1. The molecule has 2 rings (SSSR count). The van der Waals surface area contributed by atoms with E-state index in [1.54, 1.807) is 13.3 Å². The number of hydrogen-bond donors (Lipinski definition) is 1. The first-order valence-corrected chi connectivity index (χ1v) is 5.74. The summed E-state index contributed by atoms with van der Waals surface area (Å²) in [7, 11) is 1.78. The Bertz CT molecular complexity index is 343. The van der Waals surface area contributed by atoms with Gasteiger partial charge in [-0.25, -0.2) is 4.98 Å². The summed E-state index contributed by atoms with van der Waals surface area (Å²) >= 11 is 0. The smallest absolute Gasteiger partial charge is 0.127 e. The van der Waals surface area contributed by atoms with E-state index >= 15 is 0 Å². The van der Waals surface area contributed by atoms with Gasteiger partial charge in [0, 0.05) is 32.0 Å². The molecule has 2 heterocycles. The minimum Gasteiger partial charge on any atom is -0.383 e. The molecule has 0 amide bonds. The first-order chi connectivity index (χ1) is 7.79. The molecule has 0 aromatic carbocycles. The summed E-state index contributed by atoms with van der Waals surface area (Å²) in [6.07, 6.45) is 4.45. The van der Waals surface area contributed by atoms with Gasteiger partial charge in [0.25, 0.3) is 0 Å². The van der Waals surface area contributed by atoms with Crippen LogP contribution in [0.15, 0.2) is 18.3 Å². The number of nitrogens with two attached hydrogens (primary N) is 1. The fraction of sp³-hybridized carbons (Fsp3) is 0.583. The van der Waals surface area contributed by atoms with Crippen molar-refractivity contribution in [3.8, 4) is 0 Å². The van der Waals surface area contributed by atoms with Crippen molar-refractivity contribution in [3.05, 3.63) is 23.9 Å². The van der Waals surface area contributed by atoms with Crippen molar-refractivity contribution < 1.29 is 4.74 Å². The molecule has 1 fully saturated rings. The zero-order valence-electron chi connectivity index (χ0n) is 9.72. The molecule has 0 saturated carbocycles. The summed E-state index contributed by atoms with van der Waals surface area (Å²) in [5, 5.41) is 0. The highest BCUT2D eigenvalue weighted by molar-refractivity contribution is 5.38. The van der Waals surface area contributed by atoms with Gasteiger partial charge in [-0.05, 0) is 25.5 Å². The molecule has 1 aliphatic heterocycles. The van der Waals surface area contributed by atoms with Crippen LogP contribution >= 0.6 is 0 Å². The molecule has 4 nitrogen and oxygen atoms in total. The van der Waals surface area contributed by atoms with Gasteiger partial charge in [-0.3, -0.25) is 4.90 Å². The molecule has 88 valence electrons. The SMILES string of the molecule is COC1CCCN(Cc2cccnc2N)C1. The summed E-state index contributed by atoms with van der Waals surface area (Å²) < 4.78 is 5.40. The van der Waals surface area contributed by atoms with Crippen LogP contribution in [0.2, 0.25) is 0 Å². The molecule has 1 aliphatic rings. The quantitative estimate of drug-likeness (QED) is 0.835. The third-order valence-electron chi connectivity index (χ3n) is 3.12. The van der Waals surface area contributed by atoms with E-state index in [1.165, 1.54) is 6.42 Å². The van der Waals surface area contributed by atoms with Crippen molar-refractivity contribution in [1.82, 2.24) is 9.88 Å². The Hall–Kier alpha value is -1.13. The normalized spacial score (nSPS) is 22.2. The van der Waals surface area contributed by atoms with Crippen molar-refractivity contribution in [1.29, 1.82) is 0 Å². The topological polar surface area (TPSA) is 51.4 Å². The number of pyridine rings is 1. The summed E-state index contributed by atoms with van der Waals surface area (Å²) in [4.78, 5) is 6.48. The average Bonchev–Trinajstić information content (AvgIpc) is 2.32. The number of methoxy groups -OCH3 is 1. The van der Waals surface area contributed by atoms with Gasteiger partial charge in [0.15, 0.2) is 0 Å². The molecule has 4 heteroatoms. The van der Waals surface area contributed by atoms with Crippen LogP contribution in [0.25, 0.3) is 0 Å². The van der Waals surface area contributed by atoms with Crippen LogP contribution in [-0.4, -0.2) is 36.2 Å². The van der Waals surface area contributed by atoms with Crippen LogP contribution in [0.1, 0.15) is 18.4 Å². The maximum absolute atomic E-state index is 5.84. The first kappa shape index (κ1) is 11.4. The molecule has 1 aromatic rings. The number of aromatic nitrogens is 1. The first-order valence-electron chi connectivity index (χ1n) is 5.74. The second-order valence-electron chi connectivity index (χ2n) is 4.28. The third kappa shape index (κ3) is 2.71. The molecular formula is C12H19N3O. The largest absolute Gasteiger partial charge is 0.383 e. The van der Waals surface area contributed by atoms with Gasteiger partial charge in [0.1, 0.15) is 5.82 Å². The second-order valence-corrected chi connectivity index (χ2v) is 4.28. The predicted octanol–water partition coefficient (Wildman–Crippen LogP) is 1.27. The Kier molecular flexibility index (Phi) is 3.74. The zero-order chi connectivity index (χ0) is 11.4. The van der Waals surface area contributed by atoms with Crippen LogP contribution in [0.5, 0.6) is 0 Å². The van der Waals surface area contributed by atoms with Crippen LogP contribution in [-0.2, 0) is 11.3 Å². The maximum atomic E-state index is 5.84. The molecule has 0 bridgehead atoms. The van der Waals surface area contributed by atoms with Crippen LogP contribution in [0.4, 0.5) is 5.82 Å². The van der Waals surface area contributed by atoms with Crippen molar-refractivity contribution in [3.63, 3.8) is 0 Å². The molecule has 1 aromatic heterocycles. The average molecular weight is 221 g/mol. The number of likely N-dealkylation sites (tertiary alicyclic amines) is 1. The number of nitrogens with zero attached hydrogens (tertiary/aromatic N) is 2. The number of ether oxygens (including phenoxy) is 1. The highest BCUT2D eigenvalue weighted by Gasteiger charge is 2.19. The molecular weight excluding hydrogens is 202 g/mol. The maximum Gasteiger partial charge on any atom is 0.127 e. The van der Waals surface area contributed by atoms with Crippen molar-refractivity contribution >= 4 is 5.82 Å². The van der Waals surface area contributed by atoms with Gasteiger partial charge in [-0.1, -0.05) is 6.07 Å². The van der Waals surface area contributed by atoms with E-state index in [-0.39, 0.29) is 0 Å². The Labute approximate surface area is 96.4 Å². The van der Waals surface area contributed by atoms with Crippen LogP contribution in [0, 0.1) is 0 Å². The second kappa shape index (κ2) is 5.27. The van der Waals surface area contributed by atoms with Crippen molar-refractivity contribution in [2.75, 3.05) is 25.9 Å². The lowest BCUT2D eigenvalue weighted by Crippen LogP contribution is -2.38. The summed E-state index contributed by atoms with van der Waals surface area (Å²) in [6, 6.07) is 3.97. The van der Waals surface area contributed by atoms with E-state index < -0.39 is 0 Å². The van der Waals surface area contributed by atoms with Gasteiger partial charge in [-0.2, -0.15) is 0 Å². The predicted molar refractivity (Wildman–Crippen MR) is 64.0 cm³/mol. The van der Waals surface area contributed by atoms with Crippen LogP contribution in [0.3, 0.4) is 0 Å². The Morgan fingerprint density at radius 1 is 1.62 bits per heavy atom. The standard InChI is InChI=1S/C12H19N3O/c1-16-11-5-3-7-15(9-11)8-10-4-2-6-14-12(10)13/h2,4,6,11H,3,5,7-9H2,1H3,(H2,13,14). The van der Waals surface area contributed by atoms with E-state index in [9.17, 15) is 0 Å². The summed E-state index contributed by atoms with van der Waals surface area (Å²) in [6.45, 7) is 2.98. The monoisotopic (exact) mass is 221 g/mol. The Morgan fingerprint density at radius 3 is 3.25 bits per heavy atom. The van der Waals surface area contributed by atoms with E-state index in [4.69, 9.17) is 10.5 Å². The molecule has 1 saturated heterocycles. The minimum absolute atomic E-state index is 0.367. The molecule has 2 N–H and O–H groups in total. The molecule has 1 unspecified atom stereocenters.